The maximum atomic E-state index is 12.9. The molecule has 28 heavy (non-hydrogen) atoms. The molecule has 0 aliphatic carbocycles. The maximum Gasteiger partial charge on any atom is 0.418 e. The molecular formula is C24H19NO3. The van der Waals surface area contributed by atoms with Crippen LogP contribution in [0.4, 0.5) is 4.79 Å². The SMILES string of the molecule is O=C(/C=C/c1ccccc1)N1C(=O)O[C@@H](c2ccccc2)[C@H]1c1ccccc1. The van der Waals surface area contributed by atoms with Crippen molar-refractivity contribution in [3.63, 3.8) is 0 Å². The van der Waals surface area contributed by atoms with E-state index >= 15 is 0 Å². The van der Waals surface area contributed by atoms with Crippen LogP contribution in [0.2, 0.25) is 0 Å². The van der Waals surface area contributed by atoms with E-state index in [0.717, 1.165) is 16.7 Å². The Morgan fingerprint density at radius 3 is 1.93 bits per heavy atom. The molecule has 1 fully saturated rings. The largest absolute Gasteiger partial charge is 0.438 e. The third-order valence-corrected chi connectivity index (χ3v) is 4.71. The first-order chi connectivity index (χ1) is 13.7. The number of benzene rings is 3. The van der Waals surface area contributed by atoms with Gasteiger partial charge in [-0.1, -0.05) is 91.0 Å². The molecule has 0 unspecified atom stereocenters. The van der Waals surface area contributed by atoms with Gasteiger partial charge in [0.1, 0.15) is 6.04 Å². The maximum absolute atomic E-state index is 12.9. The lowest BCUT2D eigenvalue weighted by Gasteiger charge is -2.23. The average molecular weight is 369 g/mol. The lowest BCUT2D eigenvalue weighted by atomic mass is 9.95. The van der Waals surface area contributed by atoms with Crippen molar-refractivity contribution < 1.29 is 14.3 Å². The number of hydrogen-bond acceptors (Lipinski definition) is 3. The molecule has 2 amide bonds. The zero-order valence-corrected chi connectivity index (χ0v) is 15.1. The molecule has 4 heteroatoms. The van der Waals surface area contributed by atoms with Crippen molar-refractivity contribution in [2.24, 2.45) is 0 Å². The number of carbonyl (C=O) groups excluding carboxylic acids is 2. The van der Waals surface area contributed by atoms with Crippen LogP contribution >= 0.6 is 0 Å². The van der Waals surface area contributed by atoms with Gasteiger partial charge in [-0.05, 0) is 22.8 Å². The molecule has 4 rings (SSSR count). The zero-order valence-electron chi connectivity index (χ0n) is 15.1. The van der Waals surface area contributed by atoms with Crippen LogP contribution in [0.15, 0.2) is 97.1 Å². The summed E-state index contributed by atoms with van der Waals surface area (Å²) in [7, 11) is 0. The molecular weight excluding hydrogens is 350 g/mol. The van der Waals surface area contributed by atoms with Crippen LogP contribution in [0, 0.1) is 0 Å². The van der Waals surface area contributed by atoms with Crippen LogP contribution in [0.3, 0.4) is 0 Å². The predicted molar refractivity (Wildman–Crippen MR) is 107 cm³/mol. The first-order valence-corrected chi connectivity index (χ1v) is 9.11. The van der Waals surface area contributed by atoms with Gasteiger partial charge in [-0.15, -0.1) is 0 Å². The summed E-state index contributed by atoms with van der Waals surface area (Å²) in [6.07, 6.45) is 1.93. The van der Waals surface area contributed by atoms with Crippen LogP contribution in [0.25, 0.3) is 6.08 Å². The van der Waals surface area contributed by atoms with Crippen LogP contribution in [-0.2, 0) is 9.53 Å². The fourth-order valence-corrected chi connectivity index (χ4v) is 3.38. The number of rotatable bonds is 4. The molecule has 0 aromatic heterocycles. The summed E-state index contributed by atoms with van der Waals surface area (Å²) in [6, 6.07) is 28.0. The van der Waals surface area contributed by atoms with E-state index in [4.69, 9.17) is 4.74 Å². The zero-order chi connectivity index (χ0) is 19.3. The minimum atomic E-state index is -0.634. The van der Waals surface area contributed by atoms with Gasteiger partial charge in [0, 0.05) is 6.08 Å². The summed E-state index contributed by atoms with van der Waals surface area (Å²) in [6.45, 7) is 0. The number of amides is 2. The minimum absolute atomic E-state index is 0.402. The lowest BCUT2D eigenvalue weighted by molar-refractivity contribution is -0.124. The Labute approximate surface area is 163 Å². The van der Waals surface area contributed by atoms with Crippen LogP contribution in [-0.4, -0.2) is 16.9 Å². The van der Waals surface area contributed by atoms with Gasteiger partial charge in [-0.2, -0.15) is 0 Å². The van der Waals surface area contributed by atoms with Gasteiger partial charge in [0.05, 0.1) is 0 Å². The fraction of sp³-hybridized carbons (Fsp3) is 0.0833. The van der Waals surface area contributed by atoms with Gasteiger partial charge in [0.15, 0.2) is 6.10 Å². The monoisotopic (exact) mass is 369 g/mol. The van der Waals surface area contributed by atoms with E-state index in [-0.39, 0.29) is 0 Å². The van der Waals surface area contributed by atoms with Crippen molar-refractivity contribution >= 4 is 18.1 Å². The summed E-state index contributed by atoms with van der Waals surface area (Å²) >= 11 is 0. The van der Waals surface area contributed by atoms with Crippen molar-refractivity contribution in [2.45, 2.75) is 12.1 Å². The molecule has 3 aromatic rings. The summed E-state index contributed by atoms with van der Waals surface area (Å²) in [5.74, 6) is -0.402. The molecule has 0 radical (unpaired) electrons. The van der Waals surface area contributed by atoms with E-state index in [0.29, 0.717) is 0 Å². The molecule has 1 heterocycles. The fourth-order valence-electron chi connectivity index (χ4n) is 3.38. The van der Waals surface area contributed by atoms with Gasteiger partial charge in [0.25, 0.3) is 5.91 Å². The second kappa shape index (κ2) is 7.92. The highest BCUT2D eigenvalue weighted by molar-refractivity contribution is 6.02. The van der Waals surface area contributed by atoms with Crippen LogP contribution < -0.4 is 0 Å². The molecule has 1 aliphatic heterocycles. The van der Waals surface area contributed by atoms with Crippen molar-refractivity contribution in [3.8, 4) is 0 Å². The van der Waals surface area contributed by atoms with Gasteiger partial charge in [-0.3, -0.25) is 4.79 Å². The average Bonchev–Trinajstić information content (AvgIpc) is 3.11. The summed E-state index contributed by atoms with van der Waals surface area (Å²) < 4.78 is 5.63. The first kappa shape index (κ1) is 17.7. The van der Waals surface area contributed by atoms with Gasteiger partial charge < -0.3 is 4.74 Å². The van der Waals surface area contributed by atoms with E-state index < -0.39 is 24.1 Å². The topological polar surface area (TPSA) is 46.6 Å². The normalized spacial score (nSPS) is 19.0. The second-order valence-electron chi connectivity index (χ2n) is 6.52. The Hall–Kier alpha value is -3.66. The highest BCUT2D eigenvalue weighted by Crippen LogP contribution is 2.43. The molecule has 0 saturated carbocycles. The number of hydrogen-bond donors (Lipinski definition) is 0. The quantitative estimate of drug-likeness (QED) is 0.597. The van der Waals surface area contributed by atoms with Crippen molar-refractivity contribution in [2.75, 3.05) is 0 Å². The smallest absolute Gasteiger partial charge is 0.418 e. The Kier molecular flexibility index (Phi) is 5.02. The van der Waals surface area contributed by atoms with Gasteiger partial charge in [-0.25, -0.2) is 9.69 Å². The number of cyclic esters (lactones) is 1. The molecule has 1 aliphatic rings. The Morgan fingerprint density at radius 1 is 0.786 bits per heavy atom. The molecule has 3 aromatic carbocycles. The molecule has 1 saturated heterocycles. The molecule has 138 valence electrons. The van der Waals surface area contributed by atoms with Gasteiger partial charge in [0.2, 0.25) is 0 Å². The molecule has 4 nitrogen and oxygen atoms in total. The standard InChI is InChI=1S/C24H19NO3/c26-21(17-16-18-10-4-1-5-11-18)25-22(19-12-6-2-7-13-19)23(28-24(25)27)20-14-8-3-9-15-20/h1-17,22-23H/b17-16+/t22-,23+/m1/s1. The number of carbonyl (C=O) groups is 2. The Bertz CT molecular complexity index is 984. The highest BCUT2D eigenvalue weighted by Gasteiger charge is 2.46. The lowest BCUT2D eigenvalue weighted by Crippen LogP contribution is -2.33. The van der Waals surface area contributed by atoms with Crippen molar-refractivity contribution in [1.29, 1.82) is 0 Å². The van der Waals surface area contributed by atoms with Crippen LogP contribution in [0.1, 0.15) is 28.8 Å². The Morgan fingerprint density at radius 2 is 1.32 bits per heavy atom. The highest BCUT2D eigenvalue weighted by atomic mass is 16.6. The van der Waals surface area contributed by atoms with E-state index in [9.17, 15) is 9.59 Å². The predicted octanol–water partition coefficient (Wildman–Crippen LogP) is 5.16. The Balaban J connectivity index is 1.69. The third-order valence-electron chi connectivity index (χ3n) is 4.71. The summed E-state index contributed by atoms with van der Waals surface area (Å²) in [5, 5.41) is 0. The van der Waals surface area contributed by atoms with E-state index in [2.05, 4.69) is 0 Å². The first-order valence-electron chi connectivity index (χ1n) is 9.11. The molecule has 0 spiro atoms. The van der Waals surface area contributed by atoms with Crippen molar-refractivity contribution in [3.05, 3.63) is 114 Å². The number of nitrogens with zero attached hydrogens (tertiary/aromatic N) is 1. The second-order valence-corrected chi connectivity index (χ2v) is 6.52. The summed E-state index contributed by atoms with van der Waals surface area (Å²) in [5.41, 5.74) is 2.59. The third kappa shape index (κ3) is 3.58. The molecule has 0 bridgehead atoms. The number of imide groups is 1. The molecule has 2 atom stereocenters. The minimum Gasteiger partial charge on any atom is -0.438 e. The van der Waals surface area contributed by atoms with E-state index in [1.807, 2.05) is 91.0 Å². The van der Waals surface area contributed by atoms with Crippen molar-refractivity contribution in [1.82, 2.24) is 4.90 Å². The number of ether oxygens (including phenoxy) is 1. The summed E-state index contributed by atoms with van der Waals surface area (Å²) in [4.78, 5) is 26.8. The van der Waals surface area contributed by atoms with E-state index in [1.54, 1.807) is 6.08 Å². The van der Waals surface area contributed by atoms with Crippen LogP contribution in [0.5, 0.6) is 0 Å². The van der Waals surface area contributed by atoms with Gasteiger partial charge >= 0.3 is 6.09 Å². The van der Waals surface area contributed by atoms with E-state index in [1.165, 1.54) is 11.0 Å². The molecule has 0 N–H and O–H groups in total.